The summed E-state index contributed by atoms with van der Waals surface area (Å²) in [4.78, 5) is 17.1. The number of rotatable bonds is 4. The van der Waals surface area contributed by atoms with Crippen molar-refractivity contribution in [3.63, 3.8) is 0 Å². The van der Waals surface area contributed by atoms with Crippen LogP contribution in [0.25, 0.3) is 16.9 Å². The lowest BCUT2D eigenvalue weighted by molar-refractivity contribution is -0.115. The molecule has 5 nitrogen and oxygen atoms in total. The first kappa shape index (κ1) is 17.0. The smallest absolute Gasteiger partial charge is 0.228 e. The van der Waals surface area contributed by atoms with Crippen molar-refractivity contribution >= 4 is 17.2 Å². The molecule has 1 N–H and O–H groups in total. The minimum Gasteiger partial charge on any atom is -0.326 e. The molecule has 5 heteroatoms. The monoisotopic (exact) mass is 356 g/mol. The van der Waals surface area contributed by atoms with Gasteiger partial charge in [0.1, 0.15) is 0 Å². The predicted octanol–water partition coefficient (Wildman–Crippen LogP) is 4.19. The van der Waals surface area contributed by atoms with Gasteiger partial charge < -0.3 is 5.32 Å². The van der Waals surface area contributed by atoms with E-state index in [1.54, 1.807) is 0 Å². The highest BCUT2D eigenvalue weighted by molar-refractivity contribution is 5.92. The number of benzene rings is 2. The van der Waals surface area contributed by atoms with E-state index in [2.05, 4.69) is 10.3 Å². The van der Waals surface area contributed by atoms with Crippen LogP contribution >= 0.6 is 0 Å². The molecule has 27 heavy (non-hydrogen) atoms. The molecule has 4 rings (SSSR count). The molecule has 2 aromatic heterocycles. The second-order valence-corrected chi connectivity index (χ2v) is 6.52. The molecule has 0 spiro atoms. The first-order valence-electron chi connectivity index (χ1n) is 8.88. The third-order valence-corrected chi connectivity index (χ3v) is 4.63. The van der Waals surface area contributed by atoms with E-state index >= 15 is 0 Å². The third kappa shape index (κ3) is 3.44. The molecule has 0 saturated carbocycles. The van der Waals surface area contributed by atoms with Gasteiger partial charge in [0.25, 0.3) is 0 Å². The number of nitrogens with one attached hydrogen (secondary N) is 1. The van der Waals surface area contributed by atoms with Crippen LogP contribution in [0.1, 0.15) is 17.0 Å². The van der Waals surface area contributed by atoms with E-state index in [4.69, 9.17) is 5.10 Å². The number of hydrogen-bond donors (Lipinski definition) is 1. The molecule has 0 unspecified atom stereocenters. The van der Waals surface area contributed by atoms with E-state index in [-0.39, 0.29) is 12.3 Å². The van der Waals surface area contributed by atoms with Crippen LogP contribution in [0.5, 0.6) is 0 Å². The molecule has 0 radical (unpaired) electrons. The molecule has 134 valence electrons. The maximum atomic E-state index is 12.5. The Labute approximate surface area is 157 Å². The Balaban J connectivity index is 1.66. The summed E-state index contributed by atoms with van der Waals surface area (Å²) in [6, 6.07) is 21.5. The average molecular weight is 356 g/mol. The third-order valence-electron chi connectivity index (χ3n) is 4.63. The molecule has 0 saturated heterocycles. The lowest BCUT2D eigenvalue weighted by atomic mass is 10.1. The lowest BCUT2D eigenvalue weighted by Crippen LogP contribution is -2.17. The molecule has 0 bridgehead atoms. The van der Waals surface area contributed by atoms with Gasteiger partial charge in [0.05, 0.1) is 12.1 Å². The van der Waals surface area contributed by atoms with Gasteiger partial charge in [-0.1, -0.05) is 48.5 Å². The van der Waals surface area contributed by atoms with Crippen LogP contribution in [0.15, 0.2) is 66.7 Å². The van der Waals surface area contributed by atoms with Crippen molar-refractivity contribution in [3.05, 3.63) is 83.7 Å². The van der Waals surface area contributed by atoms with Gasteiger partial charge in [-0.25, -0.2) is 9.50 Å². The fourth-order valence-electron chi connectivity index (χ4n) is 3.22. The van der Waals surface area contributed by atoms with Gasteiger partial charge in [-0.2, -0.15) is 5.10 Å². The van der Waals surface area contributed by atoms with Gasteiger partial charge in [-0.15, -0.1) is 0 Å². The van der Waals surface area contributed by atoms with E-state index in [0.717, 1.165) is 39.5 Å². The summed E-state index contributed by atoms with van der Waals surface area (Å²) in [5, 5.41) is 7.63. The number of aromatic nitrogens is 3. The molecule has 1 amide bonds. The summed E-state index contributed by atoms with van der Waals surface area (Å²) in [6.07, 6.45) is 0.260. The number of aryl methyl sites for hydroxylation is 2. The molecule has 0 aliphatic carbocycles. The largest absolute Gasteiger partial charge is 0.326 e. The molecular weight excluding hydrogens is 336 g/mol. The van der Waals surface area contributed by atoms with Crippen molar-refractivity contribution < 1.29 is 4.79 Å². The summed E-state index contributed by atoms with van der Waals surface area (Å²) >= 11 is 0. The van der Waals surface area contributed by atoms with Gasteiger partial charge in [0.15, 0.2) is 5.65 Å². The quantitative estimate of drug-likeness (QED) is 0.596. The second kappa shape index (κ2) is 7.03. The van der Waals surface area contributed by atoms with E-state index in [9.17, 15) is 4.79 Å². The zero-order chi connectivity index (χ0) is 18.8. The molecule has 0 aliphatic rings. The van der Waals surface area contributed by atoms with Crippen molar-refractivity contribution in [2.75, 3.05) is 5.32 Å². The fraction of sp³-hybridized carbons (Fsp3) is 0.136. The minimum absolute atomic E-state index is 0.0658. The highest BCUT2D eigenvalue weighted by Gasteiger charge is 2.15. The Bertz CT molecular complexity index is 1100. The number of para-hydroxylation sites is 1. The Kier molecular flexibility index (Phi) is 4.42. The van der Waals surface area contributed by atoms with Crippen molar-refractivity contribution in [2.24, 2.45) is 0 Å². The minimum atomic E-state index is -0.0658. The Morgan fingerprint density at radius 2 is 1.67 bits per heavy atom. The highest BCUT2D eigenvalue weighted by Crippen LogP contribution is 2.22. The Hall–Kier alpha value is -3.47. The topological polar surface area (TPSA) is 59.3 Å². The first-order chi connectivity index (χ1) is 13.1. The van der Waals surface area contributed by atoms with Crippen LogP contribution in [0.2, 0.25) is 0 Å². The zero-order valence-electron chi connectivity index (χ0n) is 15.3. The van der Waals surface area contributed by atoms with Gasteiger partial charge >= 0.3 is 0 Å². The number of fused-ring (bicyclic) bond motifs is 1. The van der Waals surface area contributed by atoms with Crippen molar-refractivity contribution in [1.82, 2.24) is 14.6 Å². The van der Waals surface area contributed by atoms with Crippen LogP contribution in [0.3, 0.4) is 0 Å². The molecule has 0 atom stereocenters. The standard InChI is InChI=1S/C22H20N4O/c1-15-19(13-22(27)24-18-11-7-4-8-12-18)16(2)26-21(23-15)14-20(25-26)17-9-5-3-6-10-17/h3-12,14H,13H2,1-2H3,(H,24,27). The first-order valence-corrected chi connectivity index (χ1v) is 8.88. The second-order valence-electron chi connectivity index (χ2n) is 6.52. The van der Waals surface area contributed by atoms with Crippen LogP contribution in [0, 0.1) is 13.8 Å². The van der Waals surface area contributed by atoms with Crippen molar-refractivity contribution in [1.29, 1.82) is 0 Å². The fourth-order valence-corrected chi connectivity index (χ4v) is 3.22. The molecule has 2 heterocycles. The van der Waals surface area contributed by atoms with E-state index in [1.807, 2.05) is 85.1 Å². The number of anilines is 1. The molecule has 4 aromatic rings. The van der Waals surface area contributed by atoms with Gasteiger partial charge in [-0.3, -0.25) is 4.79 Å². The summed E-state index contributed by atoms with van der Waals surface area (Å²) < 4.78 is 1.82. The predicted molar refractivity (Wildman–Crippen MR) is 107 cm³/mol. The maximum Gasteiger partial charge on any atom is 0.228 e. The molecular formula is C22H20N4O. The van der Waals surface area contributed by atoms with Crippen LogP contribution in [-0.2, 0) is 11.2 Å². The normalized spacial score (nSPS) is 10.9. The number of carbonyl (C=O) groups excluding carboxylic acids is 1. The number of amides is 1. The number of nitrogens with zero attached hydrogens (tertiary/aromatic N) is 3. The SMILES string of the molecule is Cc1nc2cc(-c3ccccc3)nn2c(C)c1CC(=O)Nc1ccccc1. The van der Waals surface area contributed by atoms with E-state index in [0.29, 0.717) is 0 Å². The van der Waals surface area contributed by atoms with Crippen LogP contribution in [0.4, 0.5) is 5.69 Å². The van der Waals surface area contributed by atoms with E-state index < -0.39 is 0 Å². The number of hydrogen-bond acceptors (Lipinski definition) is 3. The Morgan fingerprint density at radius 3 is 2.37 bits per heavy atom. The van der Waals surface area contributed by atoms with E-state index in [1.165, 1.54) is 0 Å². The zero-order valence-corrected chi connectivity index (χ0v) is 15.3. The van der Waals surface area contributed by atoms with Crippen LogP contribution < -0.4 is 5.32 Å². The Morgan fingerprint density at radius 1 is 1.00 bits per heavy atom. The summed E-state index contributed by atoms with van der Waals surface area (Å²) in [5.41, 5.74) is 6.18. The maximum absolute atomic E-state index is 12.5. The van der Waals surface area contributed by atoms with Crippen molar-refractivity contribution in [3.8, 4) is 11.3 Å². The average Bonchev–Trinajstić information content (AvgIpc) is 3.11. The lowest BCUT2D eigenvalue weighted by Gasteiger charge is -2.11. The summed E-state index contributed by atoms with van der Waals surface area (Å²) in [5.74, 6) is -0.0658. The molecule has 0 aliphatic heterocycles. The van der Waals surface area contributed by atoms with Crippen molar-refractivity contribution in [2.45, 2.75) is 20.3 Å². The van der Waals surface area contributed by atoms with Gasteiger partial charge in [-0.05, 0) is 26.0 Å². The molecule has 2 aromatic carbocycles. The van der Waals surface area contributed by atoms with Gasteiger partial charge in [0, 0.05) is 34.3 Å². The van der Waals surface area contributed by atoms with Crippen LogP contribution in [-0.4, -0.2) is 20.5 Å². The summed E-state index contributed by atoms with van der Waals surface area (Å²) in [6.45, 7) is 3.92. The summed E-state index contributed by atoms with van der Waals surface area (Å²) in [7, 11) is 0. The molecule has 0 fully saturated rings. The highest BCUT2D eigenvalue weighted by atomic mass is 16.1. The van der Waals surface area contributed by atoms with Gasteiger partial charge in [0.2, 0.25) is 5.91 Å². The number of carbonyl (C=O) groups is 1.